The minimum absolute atomic E-state index is 0.133. The maximum Gasteiger partial charge on any atom is 0.322 e. The topological polar surface area (TPSA) is 133 Å². The van der Waals surface area contributed by atoms with E-state index in [1.807, 2.05) is 0 Å². The van der Waals surface area contributed by atoms with Crippen molar-refractivity contribution in [3.05, 3.63) is 29.8 Å². The molecule has 0 aromatic heterocycles. The number of hydrogen-bond acceptors (Lipinski definition) is 5. The molecule has 1 fully saturated rings. The van der Waals surface area contributed by atoms with Gasteiger partial charge in [0, 0.05) is 6.54 Å². The lowest BCUT2D eigenvalue weighted by atomic mass is 10.0. The average molecular weight is 335 g/mol. The van der Waals surface area contributed by atoms with Gasteiger partial charge in [-0.15, -0.1) is 0 Å². The summed E-state index contributed by atoms with van der Waals surface area (Å²) in [5.41, 5.74) is 6.78. The van der Waals surface area contributed by atoms with Crippen molar-refractivity contribution < 1.29 is 24.6 Å². The normalized spacial score (nSPS) is 18.2. The number of benzene rings is 1. The van der Waals surface area contributed by atoms with Crippen molar-refractivity contribution in [1.29, 1.82) is 0 Å². The Morgan fingerprint density at radius 2 is 1.96 bits per heavy atom. The number of carboxylic acid groups (broad SMARTS) is 1. The first kappa shape index (κ1) is 17.7. The molecule has 5 N–H and O–H groups in total. The van der Waals surface area contributed by atoms with Gasteiger partial charge in [0.2, 0.25) is 11.8 Å². The molecule has 0 spiro atoms. The van der Waals surface area contributed by atoms with Crippen LogP contribution in [-0.4, -0.2) is 58.1 Å². The molecule has 0 radical (unpaired) electrons. The predicted molar refractivity (Wildman–Crippen MR) is 85.2 cm³/mol. The molecule has 0 bridgehead atoms. The highest BCUT2D eigenvalue weighted by molar-refractivity contribution is 5.91. The Bertz CT molecular complexity index is 617. The van der Waals surface area contributed by atoms with Crippen LogP contribution in [0.5, 0.6) is 5.75 Å². The lowest BCUT2D eigenvalue weighted by molar-refractivity contribution is -0.141. The molecule has 1 aliphatic rings. The summed E-state index contributed by atoms with van der Waals surface area (Å²) >= 11 is 0. The third-order valence-electron chi connectivity index (χ3n) is 3.96. The molecule has 24 heavy (non-hydrogen) atoms. The number of aliphatic carboxylic acids is 1. The number of nitrogens with zero attached hydrogens (tertiary/aromatic N) is 1. The monoisotopic (exact) mass is 335 g/mol. The second-order valence-corrected chi connectivity index (χ2v) is 5.78. The Morgan fingerprint density at radius 3 is 2.58 bits per heavy atom. The van der Waals surface area contributed by atoms with E-state index in [1.165, 1.54) is 17.0 Å². The van der Waals surface area contributed by atoms with Gasteiger partial charge in [-0.3, -0.25) is 14.4 Å². The summed E-state index contributed by atoms with van der Waals surface area (Å²) < 4.78 is 0. The lowest BCUT2D eigenvalue weighted by Gasteiger charge is -2.26. The van der Waals surface area contributed by atoms with E-state index in [4.69, 9.17) is 10.8 Å². The molecular weight excluding hydrogens is 314 g/mol. The van der Waals surface area contributed by atoms with E-state index in [0.717, 1.165) is 5.56 Å². The van der Waals surface area contributed by atoms with Crippen LogP contribution in [0.1, 0.15) is 18.4 Å². The molecule has 1 saturated heterocycles. The number of likely N-dealkylation sites (tertiary alicyclic amines) is 1. The second-order valence-electron chi connectivity index (χ2n) is 5.78. The zero-order valence-electron chi connectivity index (χ0n) is 13.1. The van der Waals surface area contributed by atoms with E-state index in [-0.39, 0.29) is 11.7 Å². The number of carboxylic acids is 1. The van der Waals surface area contributed by atoms with Gasteiger partial charge in [0.25, 0.3) is 0 Å². The van der Waals surface area contributed by atoms with Crippen LogP contribution >= 0.6 is 0 Å². The molecule has 1 aliphatic heterocycles. The zero-order valence-corrected chi connectivity index (χ0v) is 13.1. The Morgan fingerprint density at radius 1 is 1.29 bits per heavy atom. The maximum atomic E-state index is 12.5. The summed E-state index contributed by atoms with van der Waals surface area (Å²) in [6, 6.07) is 4.92. The summed E-state index contributed by atoms with van der Waals surface area (Å²) in [5, 5.41) is 20.2. The van der Waals surface area contributed by atoms with Crippen molar-refractivity contribution in [3.63, 3.8) is 0 Å². The second kappa shape index (κ2) is 7.78. The van der Waals surface area contributed by atoms with E-state index < -0.39 is 30.5 Å². The third kappa shape index (κ3) is 4.45. The molecule has 0 saturated carbocycles. The number of rotatable bonds is 6. The molecule has 1 aromatic rings. The third-order valence-corrected chi connectivity index (χ3v) is 3.96. The number of phenolic OH excluding ortho intramolecular Hbond substituents is 1. The van der Waals surface area contributed by atoms with Crippen molar-refractivity contribution in [2.45, 2.75) is 31.3 Å². The minimum Gasteiger partial charge on any atom is -0.508 e. The smallest absolute Gasteiger partial charge is 0.322 e. The number of carbonyl (C=O) groups is 3. The molecule has 2 atom stereocenters. The lowest BCUT2D eigenvalue weighted by Crippen LogP contribution is -2.52. The van der Waals surface area contributed by atoms with Crippen LogP contribution in [0.25, 0.3) is 0 Å². The molecule has 0 aliphatic carbocycles. The molecule has 2 rings (SSSR count). The SMILES string of the molecule is N[C@@H](Cc1ccc(O)cc1)C(=O)N1CCC[C@@H]1C(=O)NCC(=O)O. The van der Waals surface area contributed by atoms with Crippen LogP contribution in [0.2, 0.25) is 0 Å². The first-order valence-electron chi connectivity index (χ1n) is 7.72. The van der Waals surface area contributed by atoms with Crippen LogP contribution in [0, 0.1) is 0 Å². The predicted octanol–water partition coefficient (Wildman–Crippen LogP) is -0.546. The first-order chi connectivity index (χ1) is 11.4. The summed E-state index contributed by atoms with van der Waals surface area (Å²) in [7, 11) is 0. The van der Waals surface area contributed by atoms with Gasteiger partial charge < -0.3 is 26.2 Å². The number of hydrogen-bond donors (Lipinski definition) is 4. The highest BCUT2D eigenvalue weighted by Crippen LogP contribution is 2.19. The summed E-state index contributed by atoms with van der Waals surface area (Å²) in [6.07, 6.45) is 1.45. The average Bonchev–Trinajstić information content (AvgIpc) is 3.03. The number of carbonyl (C=O) groups excluding carboxylic acids is 2. The van der Waals surface area contributed by atoms with Gasteiger partial charge in [0.1, 0.15) is 18.3 Å². The highest BCUT2D eigenvalue weighted by atomic mass is 16.4. The summed E-state index contributed by atoms with van der Waals surface area (Å²) in [5.74, 6) is -1.81. The van der Waals surface area contributed by atoms with Gasteiger partial charge >= 0.3 is 5.97 Å². The zero-order chi connectivity index (χ0) is 17.7. The largest absolute Gasteiger partial charge is 0.508 e. The number of amides is 2. The fraction of sp³-hybridized carbons (Fsp3) is 0.438. The quantitative estimate of drug-likeness (QED) is 0.551. The Kier molecular flexibility index (Phi) is 5.75. The van der Waals surface area contributed by atoms with Gasteiger partial charge in [0.05, 0.1) is 6.04 Å². The summed E-state index contributed by atoms with van der Waals surface area (Å²) in [4.78, 5) is 36.5. The fourth-order valence-corrected chi connectivity index (χ4v) is 2.77. The number of aromatic hydroxyl groups is 1. The van der Waals surface area contributed by atoms with E-state index in [0.29, 0.717) is 25.8 Å². The standard InChI is InChI=1S/C16H21N3O5/c17-12(8-10-3-5-11(20)6-4-10)16(24)19-7-1-2-13(19)15(23)18-9-14(21)22/h3-6,12-13,20H,1-2,7-9,17H2,(H,18,23)(H,21,22)/t12-,13+/m0/s1. The number of nitrogens with one attached hydrogen (secondary N) is 1. The molecule has 8 nitrogen and oxygen atoms in total. The van der Waals surface area contributed by atoms with Gasteiger partial charge in [-0.25, -0.2) is 0 Å². The van der Waals surface area contributed by atoms with Crippen LogP contribution in [0.4, 0.5) is 0 Å². The Balaban J connectivity index is 1.97. The number of phenols is 1. The maximum absolute atomic E-state index is 12.5. The van der Waals surface area contributed by atoms with E-state index >= 15 is 0 Å². The van der Waals surface area contributed by atoms with Crippen molar-refractivity contribution in [2.75, 3.05) is 13.1 Å². The molecule has 0 unspecified atom stereocenters. The molecule has 130 valence electrons. The van der Waals surface area contributed by atoms with Gasteiger partial charge in [0.15, 0.2) is 0 Å². The number of nitrogens with two attached hydrogens (primary N) is 1. The molecule has 1 heterocycles. The van der Waals surface area contributed by atoms with Gasteiger partial charge in [-0.05, 0) is 37.0 Å². The Hall–Kier alpha value is -2.61. The van der Waals surface area contributed by atoms with Gasteiger partial charge in [-0.1, -0.05) is 12.1 Å². The molecule has 8 heteroatoms. The van der Waals surface area contributed by atoms with Gasteiger partial charge in [-0.2, -0.15) is 0 Å². The molecule has 2 amide bonds. The van der Waals surface area contributed by atoms with Crippen molar-refractivity contribution >= 4 is 17.8 Å². The van der Waals surface area contributed by atoms with Crippen molar-refractivity contribution in [2.24, 2.45) is 5.73 Å². The molecular formula is C16H21N3O5. The van der Waals surface area contributed by atoms with Crippen LogP contribution in [-0.2, 0) is 20.8 Å². The van der Waals surface area contributed by atoms with Crippen LogP contribution in [0.3, 0.4) is 0 Å². The van der Waals surface area contributed by atoms with E-state index in [1.54, 1.807) is 12.1 Å². The van der Waals surface area contributed by atoms with Crippen LogP contribution < -0.4 is 11.1 Å². The van der Waals surface area contributed by atoms with Crippen molar-refractivity contribution in [1.82, 2.24) is 10.2 Å². The fourth-order valence-electron chi connectivity index (χ4n) is 2.77. The minimum atomic E-state index is -1.14. The van der Waals surface area contributed by atoms with Crippen molar-refractivity contribution in [3.8, 4) is 5.75 Å². The molecule has 1 aromatic carbocycles. The van der Waals surface area contributed by atoms with E-state index in [2.05, 4.69) is 5.32 Å². The Labute approximate surface area is 139 Å². The highest BCUT2D eigenvalue weighted by Gasteiger charge is 2.36. The van der Waals surface area contributed by atoms with Crippen LogP contribution in [0.15, 0.2) is 24.3 Å². The van der Waals surface area contributed by atoms with E-state index in [9.17, 15) is 19.5 Å². The summed E-state index contributed by atoms with van der Waals surface area (Å²) in [6.45, 7) is -0.0514. The first-order valence-corrected chi connectivity index (χ1v) is 7.72.